The van der Waals surface area contributed by atoms with Crippen LogP contribution in [0.4, 0.5) is 19.3 Å². The summed E-state index contributed by atoms with van der Waals surface area (Å²) in [6.07, 6.45) is 1.04. The van der Waals surface area contributed by atoms with Gasteiger partial charge in [0.1, 0.15) is 0 Å². The Balaban J connectivity index is 1.58. The molecule has 3 aliphatic heterocycles. The van der Waals surface area contributed by atoms with E-state index in [4.69, 9.17) is 0 Å². The summed E-state index contributed by atoms with van der Waals surface area (Å²) in [4.78, 5) is 48.5. The van der Waals surface area contributed by atoms with Crippen LogP contribution in [-0.2, 0) is 20.9 Å². The third-order valence-corrected chi connectivity index (χ3v) is 7.66. The predicted molar refractivity (Wildman–Crippen MR) is 129 cm³/mol. The normalized spacial score (nSPS) is 24.4. The first-order valence-corrected chi connectivity index (χ1v) is 12.5. The van der Waals surface area contributed by atoms with Gasteiger partial charge in [-0.25, -0.2) is 13.6 Å². The minimum Gasteiger partial charge on any atom is -0.465 e. The van der Waals surface area contributed by atoms with E-state index in [0.717, 1.165) is 6.42 Å². The third kappa shape index (κ3) is 4.89. The number of hydrogen-bond donors (Lipinski definition) is 1. The summed E-state index contributed by atoms with van der Waals surface area (Å²) < 4.78 is 28.9. The molecule has 2 saturated heterocycles. The van der Waals surface area contributed by atoms with Crippen molar-refractivity contribution in [2.24, 2.45) is 0 Å². The molecular formula is C25H35F2N5O4. The van der Waals surface area contributed by atoms with Crippen molar-refractivity contribution in [3.63, 3.8) is 0 Å². The molecule has 1 aromatic rings. The lowest BCUT2D eigenvalue weighted by Crippen LogP contribution is -2.63. The highest BCUT2D eigenvalue weighted by atomic mass is 19.3. The molecule has 3 aliphatic rings. The number of anilines is 1. The van der Waals surface area contributed by atoms with Crippen LogP contribution < -0.4 is 4.90 Å². The number of hydrogen-bond acceptors (Lipinski definition) is 5. The van der Waals surface area contributed by atoms with Gasteiger partial charge in [-0.1, -0.05) is 20.8 Å². The average Bonchev–Trinajstić information content (AvgIpc) is 3.34. The lowest BCUT2D eigenvalue weighted by molar-refractivity contribution is -0.129. The topological polar surface area (TPSA) is 97.3 Å². The van der Waals surface area contributed by atoms with Gasteiger partial charge >= 0.3 is 6.09 Å². The highest BCUT2D eigenvalue weighted by molar-refractivity contribution is 5.97. The summed E-state index contributed by atoms with van der Waals surface area (Å²) in [6.45, 7) is 8.85. The van der Waals surface area contributed by atoms with Gasteiger partial charge < -0.3 is 19.8 Å². The molecule has 2 atom stereocenters. The number of likely N-dealkylation sites (tertiary alicyclic amines) is 1. The first kappa shape index (κ1) is 26.2. The van der Waals surface area contributed by atoms with Crippen molar-refractivity contribution in [3.05, 3.63) is 23.5 Å². The van der Waals surface area contributed by atoms with Gasteiger partial charge in [-0.15, -0.1) is 0 Å². The van der Waals surface area contributed by atoms with E-state index in [1.54, 1.807) is 11.8 Å². The Morgan fingerprint density at radius 2 is 2.00 bits per heavy atom. The van der Waals surface area contributed by atoms with Crippen molar-refractivity contribution in [2.45, 2.75) is 70.4 Å². The van der Waals surface area contributed by atoms with Crippen LogP contribution in [0.5, 0.6) is 0 Å². The van der Waals surface area contributed by atoms with E-state index < -0.39 is 17.4 Å². The zero-order valence-corrected chi connectivity index (χ0v) is 21.3. The molecule has 4 heterocycles. The molecule has 36 heavy (non-hydrogen) atoms. The first-order valence-electron chi connectivity index (χ1n) is 12.5. The lowest BCUT2D eigenvalue weighted by atomic mass is 9.91. The Hall–Kier alpha value is -2.82. The van der Waals surface area contributed by atoms with Crippen LogP contribution in [0.15, 0.2) is 12.3 Å². The number of carboxylic acid groups (broad SMARTS) is 1. The Labute approximate surface area is 210 Å². The Morgan fingerprint density at radius 3 is 2.61 bits per heavy atom. The van der Waals surface area contributed by atoms with Gasteiger partial charge in [-0.3, -0.25) is 19.5 Å². The van der Waals surface area contributed by atoms with Crippen LogP contribution in [0.1, 0.15) is 58.2 Å². The summed E-state index contributed by atoms with van der Waals surface area (Å²) in [5, 5.41) is 9.64. The molecule has 4 rings (SSSR count). The summed E-state index contributed by atoms with van der Waals surface area (Å²) in [5.41, 5.74) is 0.295. The summed E-state index contributed by atoms with van der Waals surface area (Å²) >= 11 is 0. The number of carbonyl (C=O) groups excluding carboxylic acids is 2. The van der Waals surface area contributed by atoms with Crippen LogP contribution in [0.25, 0.3) is 0 Å². The number of amides is 3. The molecular weight excluding hydrogens is 472 g/mol. The third-order valence-electron chi connectivity index (χ3n) is 7.66. The molecule has 0 aliphatic carbocycles. The molecule has 1 aromatic heterocycles. The number of alkyl halides is 2. The van der Waals surface area contributed by atoms with E-state index in [9.17, 15) is 28.3 Å². The molecule has 0 radical (unpaired) electrons. The molecule has 0 saturated carbocycles. The number of pyridine rings is 1. The maximum atomic E-state index is 14.4. The molecule has 0 aromatic carbocycles. The molecule has 1 N–H and O–H groups in total. The molecule has 0 bridgehead atoms. The second-order valence-corrected chi connectivity index (χ2v) is 10.8. The van der Waals surface area contributed by atoms with E-state index in [0.29, 0.717) is 44.0 Å². The number of rotatable bonds is 6. The van der Waals surface area contributed by atoms with Crippen molar-refractivity contribution in [1.82, 2.24) is 19.7 Å². The summed E-state index contributed by atoms with van der Waals surface area (Å²) in [5.74, 6) is -3.26. The van der Waals surface area contributed by atoms with Gasteiger partial charge in [0.2, 0.25) is 11.8 Å². The fourth-order valence-corrected chi connectivity index (χ4v) is 5.52. The van der Waals surface area contributed by atoms with Gasteiger partial charge in [0.25, 0.3) is 5.92 Å². The van der Waals surface area contributed by atoms with Gasteiger partial charge in [0.05, 0.1) is 17.9 Å². The highest BCUT2D eigenvalue weighted by Crippen LogP contribution is 2.42. The molecule has 3 amide bonds. The van der Waals surface area contributed by atoms with E-state index in [1.165, 1.54) is 29.0 Å². The monoisotopic (exact) mass is 507 g/mol. The Morgan fingerprint density at radius 1 is 1.28 bits per heavy atom. The Kier molecular flexibility index (Phi) is 6.98. The molecule has 9 nitrogen and oxygen atoms in total. The van der Waals surface area contributed by atoms with Gasteiger partial charge in [-0.05, 0) is 19.4 Å². The van der Waals surface area contributed by atoms with Crippen molar-refractivity contribution in [1.29, 1.82) is 0 Å². The summed E-state index contributed by atoms with van der Waals surface area (Å²) in [7, 11) is 0. The fourth-order valence-electron chi connectivity index (χ4n) is 5.52. The zero-order chi connectivity index (χ0) is 26.4. The van der Waals surface area contributed by atoms with Crippen molar-refractivity contribution >= 4 is 23.6 Å². The number of halogens is 2. The lowest BCUT2D eigenvalue weighted by Gasteiger charge is -2.45. The van der Waals surface area contributed by atoms with E-state index in [1.807, 2.05) is 18.7 Å². The maximum absolute atomic E-state index is 14.4. The van der Waals surface area contributed by atoms with Crippen LogP contribution in [0.3, 0.4) is 0 Å². The van der Waals surface area contributed by atoms with Crippen molar-refractivity contribution in [2.75, 3.05) is 44.2 Å². The first-order chi connectivity index (χ1) is 16.8. The van der Waals surface area contributed by atoms with E-state index >= 15 is 0 Å². The van der Waals surface area contributed by atoms with Gasteiger partial charge in [0, 0.05) is 74.8 Å². The van der Waals surface area contributed by atoms with Gasteiger partial charge in [0.15, 0.2) is 0 Å². The second kappa shape index (κ2) is 9.57. The fraction of sp³-hybridized carbons (Fsp3) is 0.680. The predicted octanol–water partition coefficient (Wildman–Crippen LogP) is 2.88. The minimum atomic E-state index is -3.04. The van der Waals surface area contributed by atoms with E-state index in [2.05, 4.69) is 4.98 Å². The maximum Gasteiger partial charge on any atom is 0.407 e. The van der Waals surface area contributed by atoms with E-state index in [-0.39, 0.29) is 49.0 Å². The van der Waals surface area contributed by atoms with Crippen LogP contribution in [-0.4, -0.2) is 94.1 Å². The number of piperazine rings is 1. The van der Waals surface area contributed by atoms with Crippen LogP contribution in [0.2, 0.25) is 0 Å². The quantitative estimate of drug-likeness (QED) is 0.636. The largest absolute Gasteiger partial charge is 0.465 e. The Bertz CT molecular complexity index is 1050. The molecule has 0 spiro atoms. The zero-order valence-electron chi connectivity index (χ0n) is 21.3. The van der Waals surface area contributed by atoms with Crippen LogP contribution >= 0.6 is 0 Å². The highest BCUT2D eigenvalue weighted by Gasteiger charge is 2.43. The van der Waals surface area contributed by atoms with Crippen molar-refractivity contribution in [3.8, 4) is 0 Å². The summed E-state index contributed by atoms with van der Waals surface area (Å²) in [6, 6.07) is 0.705. The van der Waals surface area contributed by atoms with Crippen LogP contribution in [0, 0.1) is 0 Å². The second-order valence-electron chi connectivity index (χ2n) is 10.8. The standard InChI is InChI=1S/C25H35F2N5O4/c1-5-25(26,27)17-9-19-22(28-10-17)24(3,4)15-32(19)21(34)14-30-11-16(2)31(23(35)36)13-18(30)12-29-8-6-7-20(29)33/h9-10,16,18H,5-8,11-15H2,1-4H3,(H,35,36)/t16-,18+/m1/s1. The molecule has 11 heteroatoms. The smallest absolute Gasteiger partial charge is 0.407 e. The molecule has 198 valence electrons. The minimum absolute atomic E-state index is 0.00554. The van der Waals surface area contributed by atoms with Gasteiger partial charge in [-0.2, -0.15) is 0 Å². The number of nitrogens with zero attached hydrogens (tertiary/aromatic N) is 5. The molecule has 2 fully saturated rings. The number of fused-ring (bicyclic) bond motifs is 1. The SMILES string of the molecule is CCC(F)(F)c1cnc2c(c1)N(C(=O)CN1C[C@@H](C)N(C(=O)O)C[C@@H]1CN1CCCC1=O)CC2(C)C. The number of carbonyl (C=O) groups is 3. The average molecular weight is 508 g/mol. The number of aromatic nitrogens is 1. The molecule has 0 unspecified atom stereocenters. The van der Waals surface area contributed by atoms with Crippen molar-refractivity contribution < 1.29 is 28.3 Å².